The third kappa shape index (κ3) is 6.68. The summed E-state index contributed by atoms with van der Waals surface area (Å²) in [5.74, 6) is -2.52. The van der Waals surface area contributed by atoms with Gasteiger partial charge < -0.3 is 10.1 Å². The number of ether oxygens (including phenoxy) is 1. The highest BCUT2D eigenvalue weighted by molar-refractivity contribution is 7.92. The van der Waals surface area contributed by atoms with E-state index in [1.807, 2.05) is 5.32 Å². The minimum absolute atomic E-state index is 0.00254. The van der Waals surface area contributed by atoms with E-state index in [9.17, 15) is 27.2 Å². The molecule has 3 amide bonds. The number of urea groups is 1. The number of rotatable bonds is 6. The van der Waals surface area contributed by atoms with Crippen LogP contribution in [0.1, 0.15) is 10.4 Å². The van der Waals surface area contributed by atoms with E-state index in [1.165, 1.54) is 42.5 Å². The number of benzene rings is 2. The highest BCUT2D eigenvalue weighted by atomic mass is 32.2. The van der Waals surface area contributed by atoms with Crippen molar-refractivity contribution in [3.8, 4) is 0 Å². The van der Waals surface area contributed by atoms with Gasteiger partial charge in [0.2, 0.25) is 10.0 Å². The molecule has 0 aliphatic heterocycles. The molecule has 3 N–H and O–H groups in total. The predicted octanol–water partition coefficient (Wildman–Crippen LogP) is 1.70. The Labute approximate surface area is 159 Å². The van der Waals surface area contributed by atoms with Crippen molar-refractivity contribution in [3.05, 3.63) is 59.9 Å². The highest BCUT2D eigenvalue weighted by Gasteiger charge is 2.14. The number of carbonyl (C=O) groups is 3. The van der Waals surface area contributed by atoms with Crippen molar-refractivity contribution in [1.82, 2.24) is 5.32 Å². The molecule has 0 aromatic heterocycles. The largest absolute Gasteiger partial charge is 0.452 e. The standard InChI is InChI=1S/C17H16FN3O6S/c1-28(25,26)21-12-6-4-5-11(9-12)16(23)27-10-15(22)20-17(24)19-14-8-3-2-7-13(14)18/h2-9,21H,10H2,1H3,(H2,19,20,22,24). The number of amides is 3. The molecule has 11 heteroatoms. The molecule has 0 atom stereocenters. The third-order valence-corrected chi connectivity index (χ3v) is 3.72. The summed E-state index contributed by atoms with van der Waals surface area (Å²) in [4.78, 5) is 35.3. The normalized spacial score (nSPS) is 10.6. The summed E-state index contributed by atoms with van der Waals surface area (Å²) in [6.07, 6.45) is 0.953. The molecule has 0 aliphatic rings. The van der Waals surface area contributed by atoms with Gasteiger partial charge in [-0.05, 0) is 30.3 Å². The first-order valence-electron chi connectivity index (χ1n) is 7.74. The van der Waals surface area contributed by atoms with Crippen molar-refractivity contribution in [2.45, 2.75) is 0 Å². The number of halogens is 1. The number of carbonyl (C=O) groups excluding carboxylic acids is 3. The van der Waals surface area contributed by atoms with Gasteiger partial charge in [0, 0.05) is 5.69 Å². The van der Waals surface area contributed by atoms with Gasteiger partial charge in [0.05, 0.1) is 17.5 Å². The molecule has 2 aromatic carbocycles. The van der Waals surface area contributed by atoms with Crippen LogP contribution in [-0.2, 0) is 19.6 Å². The summed E-state index contributed by atoms with van der Waals surface area (Å²) in [5, 5.41) is 4.02. The fraction of sp³-hybridized carbons (Fsp3) is 0.118. The molecular weight excluding hydrogens is 393 g/mol. The van der Waals surface area contributed by atoms with Crippen LogP contribution in [0.5, 0.6) is 0 Å². The molecule has 0 saturated heterocycles. The van der Waals surface area contributed by atoms with Crippen LogP contribution in [0.15, 0.2) is 48.5 Å². The van der Waals surface area contributed by atoms with Crippen LogP contribution in [0.4, 0.5) is 20.6 Å². The van der Waals surface area contributed by atoms with Gasteiger partial charge in [0.25, 0.3) is 5.91 Å². The van der Waals surface area contributed by atoms with Crippen LogP contribution in [0, 0.1) is 5.82 Å². The Bertz CT molecular complexity index is 1010. The lowest BCUT2D eigenvalue weighted by Gasteiger charge is -2.09. The van der Waals surface area contributed by atoms with Crippen molar-refractivity contribution in [1.29, 1.82) is 0 Å². The number of imide groups is 1. The first-order valence-corrected chi connectivity index (χ1v) is 9.63. The topological polar surface area (TPSA) is 131 Å². The molecule has 0 unspecified atom stereocenters. The van der Waals surface area contributed by atoms with Gasteiger partial charge >= 0.3 is 12.0 Å². The fourth-order valence-electron chi connectivity index (χ4n) is 2.02. The molecule has 0 heterocycles. The molecule has 0 aliphatic carbocycles. The lowest BCUT2D eigenvalue weighted by atomic mass is 10.2. The van der Waals surface area contributed by atoms with Crippen molar-refractivity contribution in [2.24, 2.45) is 0 Å². The Balaban J connectivity index is 1.87. The van der Waals surface area contributed by atoms with Crippen LogP contribution in [-0.4, -0.2) is 39.2 Å². The average molecular weight is 409 g/mol. The Morgan fingerprint density at radius 2 is 1.79 bits per heavy atom. The summed E-state index contributed by atoms with van der Waals surface area (Å²) in [5.41, 5.74) is 0.0166. The first kappa shape index (κ1) is 20.8. The quantitative estimate of drug-likeness (QED) is 0.623. The lowest BCUT2D eigenvalue weighted by molar-refractivity contribution is -0.123. The van der Waals surface area contributed by atoms with Gasteiger partial charge in [-0.1, -0.05) is 18.2 Å². The molecule has 2 aromatic rings. The number of hydrogen-bond donors (Lipinski definition) is 3. The predicted molar refractivity (Wildman–Crippen MR) is 98.8 cm³/mol. The number of nitrogens with one attached hydrogen (secondary N) is 3. The fourth-order valence-corrected chi connectivity index (χ4v) is 2.57. The van der Waals surface area contributed by atoms with E-state index in [0.717, 1.165) is 12.3 Å². The zero-order valence-electron chi connectivity index (χ0n) is 14.6. The van der Waals surface area contributed by atoms with Crippen molar-refractivity contribution >= 4 is 39.3 Å². The zero-order chi connectivity index (χ0) is 20.7. The summed E-state index contributed by atoms with van der Waals surface area (Å²) in [6.45, 7) is -0.771. The first-order chi connectivity index (χ1) is 13.1. The van der Waals surface area contributed by atoms with Crippen molar-refractivity contribution in [2.75, 3.05) is 22.9 Å². The molecule has 0 spiro atoms. The van der Waals surface area contributed by atoms with Gasteiger partial charge in [0.1, 0.15) is 5.82 Å². The lowest BCUT2D eigenvalue weighted by Crippen LogP contribution is -2.37. The minimum atomic E-state index is -3.53. The number of para-hydroxylation sites is 1. The number of hydrogen-bond acceptors (Lipinski definition) is 6. The monoisotopic (exact) mass is 409 g/mol. The molecule has 9 nitrogen and oxygen atoms in total. The van der Waals surface area contributed by atoms with Crippen LogP contribution in [0.25, 0.3) is 0 Å². The van der Waals surface area contributed by atoms with Crippen molar-refractivity contribution < 1.29 is 31.9 Å². The molecule has 2 rings (SSSR count). The van der Waals surface area contributed by atoms with E-state index >= 15 is 0 Å². The Hall–Kier alpha value is -3.47. The van der Waals surface area contributed by atoms with Crippen LogP contribution in [0.3, 0.4) is 0 Å². The maximum atomic E-state index is 13.4. The minimum Gasteiger partial charge on any atom is -0.452 e. The molecule has 0 fully saturated rings. The molecule has 0 radical (unpaired) electrons. The second-order valence-electron chi connectivity index (χ2n) is 5.51. The van der Waals surface area contributed by atoms with E-state index in [-0.39, 0.29) is 16.9 Å². The maximum Gasteiger partial charge on any atom is 0.338 e. The zero-order valence-corrected chi connectivity index (χ0v) is 15.4. The Morgan fingerprint density at radius 1 is 1.07 bits per heavy atom. The number of sulfonamides is 1. The second kappa shape index (κ2) is 8.95. The van der Waals surface area contributed by atoms with Crippen LogP contribution in [0.2, 0.25) is 0 Å². The van der Waals surface area contributed by atoms with Gasteiger partial charge in [-0.3, -0.25) is 14.8 Å². The van der Waals surface area contributed by atoms with E-state index in [2.05, 4.69) is 10.0 Å². The maximum absolute atomic E-state index is 13.4. The summed E-state index contributed by atoms with van der Waals surface area (Å²) in [6, 6.07) is 9.81. The van der Waals surface area contributed by atoms with E-state index < -0.39 is 40.4 Å². The summed E-state index contributed by atoms with van der Waals surface area (Å²) in [7, 11) is -3.53. The molecule has 0 saturated carbocycles. The Kier molecular flexibility index (Phi) is 6.66. The highest BCUT2D eigenvalue weighted by Crippen LogP contribution is 2.13. The Morgan fingerprint density at radius 3 is 2.46 bits per heavy atom. The summed E-state index contributed by atoms with van der Waals surface area (Å²) < 4.78 is 42.8. The van der Waals surface area contributed by atoms with E-state index in [0.29, 0.717) is 0 Å². The second-order valence-corrected chi connectivity index (χ2v) is 7.26. The smallest absolute Gasteiger partial charge is 0.338 e. The van der Waals surface area contributed by atoms with Gasteiger partial charge in [-0.2, -0.15) is 0 Å². The summed E-state index contributed by atoms with van der Waals surface area (Å²) >= 11 is 0. The molecule has 28 heavy (non-hydrogen) atoms. The van der Waals surface area contributed by atoms with Gasteiger partial charge in [-0.25, -0.2) is 22.4 Å². The molecular formula is C17H16FN3O6S. The number of anilines is 2. The van der Waals surface area contributed by atoms with Gasteiger partial charge in [0.15, 0.2) is 6.61 Å². The molecule has 0 bridgehead atoms. The van der Waals surface area contributed by atoms with Crippen LogP contribution >= 0.6 is 0 Å². The molecule has 148 valence electrons. The third-order valence-electron chi connectivity index (χ3n) is 3.11. The average Bonchev–Trinajstić information content (AvgIpc) is 2.60. The van der Waals surface area contributed by atoms with Gasteiger partial charge in [-0.15, -0.1) is 0 Å². The van der Waals surface area contributed by atoms with Crippen LogP contribution < -0.4 is 15.4 Å². The number of esters is 1. The van der Waals surface area contributed by atoms with E-state index in [1.54, 1.807) is 0 Å². The van der Waals surface area contributed by atoms with E-state index in [4.69, 9.17) is 4.74 Å². The van der Waals surface area contributed by atoms with Crippen molar-refractivity contribution in [3.63, 3.8) is 0 Å². The SMILES string of the molecule is CS(=O)(=O)Nc1cccc(C(=O)OCC(=O)NC(=O)Nc2ccccc2F)c1.